The highest BCUT2D eigenvalue weighted by Gasteiger charge is 2.51. The molecule has 1 aliphatic rings. The Morgan fingerprint density at radius 1 is 1.18 bits per heavy atom. The fourth-order valence-electron chi connectivity index (χ4n) is 1.25. The fourth-order valence-corrected chi connectivity index (χ4v) is 1.25. The van der Waals surface area contributed by atoms with Crippen molar-refractivity contribution < 1.29 is 19.1 Å². The molecular formula is C10H17N3O4. The maximum atomic E-state index is 11.4. The Balaban J connectivity index is 2.28. The van der Waals surface area contributed by atoms with Crippen LogP contribution in [0.5, 0.6) is 0 Å². The molecule has 0 radical (unpaired) electrons. The molecule has 17 heavy (non-hydrogen) atoms. The van der Waals surface area contributed by atoms with Gasteiger partial charge in [-0.05, 0) is 6.42 Å². The van der Waals surface area contributed by atoms with Gasteiger partial charge in [0, 0.05) is 20.5 Å². The maximum absolute atomic E-state index is 11.4. The second-order valence-electron chi connectivity index (χ2n) is 4.00. The van der Waals surface area contributed by atoms with Gasteiger partial charge < -0.3 is 9.64 Å². The Hall–Kier alpha value is -1.63. The Bertz CT molecular complexity index is 330. The molecule has 0 aromatic rings. The van der Waals surface area contributed by atoms with Crippen molar-refractivity contribution in [3.63, 3.8) is 0 Å². The number of carbonyl (C=O) groups excluding carboxylic acids is 3. The van der Waals surface area contributed by atoms with E-state index >= 15 is 0 Å². The molecule has 1 aliphatic heterocycles. The first kappa shape index (κ1) is 13.4. The van der Waals surface area contributed by atoms with Crippen LogP contribution in [0.25, 0.3) is 0 Å². The molecule has 1 rings (SSSR count). The summed E-state index contributed by atoms with van der Waals surface area (Å²) in [7, 11) is 3.17. The predicted octanol–water partition coefficient (Wildman–Crippen LogP) is -1.21. The van der Waals surface area contributed by atoms with Crippen molar-refractivity contribution in [1.29, 1.82) is 0 Å². The minimum atomic E-state index is -0.799. The van der Waals surface area contributed by atoms with Crippen molar-refractivity contribution in [3.05, 3.63) is 0 Å². The lowest BCUT2D eigenvalue weighted by molar-refractivity contribution is -0.130. The number of nitrogens with zero attached hydrogens (tertiary/aromatic N) is 1. The molecule has 2 atom stereocenters. The van der Waals surface area contributed by atoms with E-state index in [-0.39, 0.29) is 11.8 Å². The number of hydrogen-bond donors (Lipinski definition) is 2. The Morgan fingerprint density at radius 2 is 1.82 bits per heavy atom. The average molecular weight is 243 g/mol. The summed E-state index contributed by atoms with van der Waals surface area (Å²) < 4.78 is 4.94. The molecule has 0 aromatic carbocycles. The highest BCUT2D eigenvalue weighted by molar-refractivity contribution is 5.95. The van der Waals surface area contributed by atoms with Gasteiger partial charge in [0.1, 0.15) is 0 Å². The van der Waals surface area contributed by atoms with Gasteiger partial charge in [0.05, 0.1) is 0 Å². The molecule has 1 saturated heterocycles. The van der Waals surface area contributed by atoms with Crippen molar-refractivity contribution in [2.75, 3.05) is 14.1 Å². The molecule has 0 bridgehead atoms. The fraction of sp³-hybridized carbons (Fsp3) is 0.700. The lowest BCUT2D eigenvalue weighted by Crippen LogP contribution is -2.44. The summed E-state index contributed by atoms with van der Waals surface area (Å²) in [5, 5.41) is 0. The summed E-state index contributed by atoms with van der Waals surface area (Å²) in [6.45, 7) is 1.86. The van der Waals surface area contributed by atoms with Gasteiger partial charge in [-0.25, -0.2) is 0 Å². The van der Waals surface area contributed by atoms with Crippen molar-refractivity contribution in [1.82, 2.24) is 15.8 Å². The molecule has 2 unspecified atom stereocenters. The molecule has 3 amide bonds. The van der Waals surface area contributed by atoms with Gasteiger partial charge in [-0.2, -0.15) is 0 Å². The van der Waals surface area contributed by atoms with E-state index in [4.69, 9.17) is 4.74 Å². The molecule has 0 aromatic heterocycles. The number of nitrogens with one attached hydrogen (secondary N) is 2. The molecule has 7 heteroatoms. The van der Waals surface area contributed by atoms with Crippen LogP contribution in [0.1, 0.15) is 19.8 Å². The summed E-state index contributed by atoms with van der Waals surface area (Å²) in [5.41, 5.74) is 4.47. The van der Waals surface area contributed by atoms with Crippen LogP contribution < -0.4 is 10.9 Å². The van der Waals surface area contributed by atoms with Crippen LogP contribution in [0.3, 0.4) is 0 Å². The van der Waals surface area contributed by atoms with Crippen LogP contribution in [0.2, 0.25) is 0 Å². The van der Waals surface area contributed by atoms with Crippen LogP contribution in [0.15, 0.2) is 0 Å². The Morgan fingerprint density at radius 3 is 2.35 bits per heavy atom. The number of epoxide rings is 1. The molecule has 0 saturated carbocycles. The summed E-state index contributed by atoms with van der Waals surface area (Å²) >= 11 is 0. The van der Waals surface area contributed by atoms with Gasteiger partial charge in [-0.15, -0.1) is 0 Å². The van der Waals surface area contributed by atoms with E-state index in [1.807, 2.05) is 6.92 Å². The van der Waals surface area contributed by atoms with Gasteiger partial charge in [-0.1, -0.05) is 6.92 Å². The highest BCUT2D eigenvalue weighted by Crippen LogP contribution is 2.23. The van der Waals surface area contributed by atoms with Gasteiger partial charge >= 0.3 is 0 Å². The van der Waals surface area contributed by atoms with Crippen LogP contribution in [0.4, 0.5) is 0 Å². The molecule has 7 nitrogen and oxygen atoms in total. The van der Waals surface area contributed by atoms with Crippen molar-refractivity contribution in [2.24, 2.45) is 0 Å². The largest absolute Gasteiger partial charge is 0.349 e. The second kappa shape index (κ2) is 5.62. The molecular weight excluding hydrogens is 226 g/mol. The molecule has 2 N–H and O–H groups in total. The molecule has 0 spiro atoms. The SMILES string of the molecule is CCCC(=O)NNC(=O)C1OC1C(=O)N(C)C. The summed E-state index contributed by atoms with van der Waals surface area (Å²) in [6, 6.07) is 0. The van der Waals surface area contributed by atoms with Crippen LogP contribution in [-0.4, -0.2) is 48.9 Å². The van der Waals surface area contributed by atoms with Gasteiger partial charge in [0.25, 0.3) is 11.8 Å². The highest BCUT2D eigenvalue weighted by atomic mass is 16.6. The Kier molecular flexibility index (Phi) is 4.45. The average Bonchev–Trinajstić information content (AvgIpc) is 3.05. The predicted molar refractivity (Wildman–Crippen MR) is 58.5 cm³/mol. The first-order chi connectivity index (χ1) is 7.97. The monoisotopic (exact) mass is 243 g/mol. The van der Waals surface area contributed by atoms with E-state index in [2.05, 4.69) is 10.9 Å². The minimum Gasteiger partial charge on any atom is -0.349 e. The number of amides is 3. The third kappa shape index (κ3) is 3.70. The van der Waals surface area contributed by atoms with Gasteiger partial charge in [-0.3, -0.25) is 25.2 Å². The van der Waals surface area contributed by atoms with Crippen LogP contribution >= 0.6 is 0 Å². The first-order valence-corrected chi connectivity index (χ1v) is 5.42. The molecule has 96 valence electrons. The first-order valence-electron chi connectivity index (χ1n) is 5.42. The second-order valence-corrected chi connectivity index (χ2v) is 4.00. The maximum Gasteiger partial charge on any atom is 0.270 e. The van der Waals surface area contributed by atoms with E-state index in [9.17, 15) is 14.4 Å². The lowest BCUT2D eigenvalue weighted by atomic mass is 10.3. The number of carbonyl (C=O) groups is 3. The van der Waals surface area contributed by atoms with Crippen molar-refractivity contribution in [3.8, 4) is 0 Å². The summed E-state index contributed by atoms with van der Waals surface area (Å²) in [4.78, 5) is 35.3. The van der Waals surface area contributed by atoms with E-state index in [0.717, 1.165) is 0 Å². The van der Waals surface area contributed by atoms with Gasteiger partial charge in [0.2, 0.25) is 5.91 Å². The zero-order chi connectivity index (χ0) is 13.0. The molecule has 1 fully saturated rings. The number of rotatable bonds is 4. The number of hydrazine groups is 1. The smallest absolute Gasteiger partial charge is 0.270 e. The summed E-state index contributed by atoms with van der Waals surface area (Å²) in [6.07, 6.45) is -0.491. The third-order valence-corrected chi connectivity index (χ3v) is 2.24. The number of hydrogen-bond acceptors (Lipinski definition) is 4. The quantitative estimate of drug-likeness (QED) is 0.479. The topological polar surface area (TPSA) is 91.0 Å². The van der Waals surface area contributed by atoms with E-state index in [1.165, 1.54) is 4.90 Å². The standard InChI is InChI=1S/C10H17N3O4/c1-4-5-6(14)11-12-9(15)7-8(17-7)10(16)13(2)3/h7-8H,4-5H2,1-3H3,(H,11,14)(H,12,15). The van der Waals surface area contributed by atoms with Crippen LogP contribution in [-0.2, 0) is 19.1 Å². The number of likely N-dealkylation sites (N-methyl/N-ethyl adjacent to an activating group) is 1. The lowest BCUT2D eigenvalue weighted by Gasteiger charge is -2.07. The molecule has 1 heterocycles. The minimum absolute atomic E-state index is 0.259. The van der Waals surface area contributed by atoms with Crippen LogP contribution in [0, 0.1) is 0 Å². The van der Waals surface area contributed by atoms with E-state index < -0.39 is 18.1 Å². The Labute approximate surface area is 99.4 Å². The summed E-state index contributed by atoms with van der Waals surface area (Å²) in [5.74, 6) is -1.03. The van der Waals surface area contributed by atoms with Crippen molar-refractivity contribution >= 4 is 17.7 Å². The van der Waals surface area contributed by atoms with Gasteiger partial charge in [0.15, 0.2) is 12.2 Å². The number of ether oxygens (including phenoxy) is 1. The van der Waals surface area contributed by atoms with E-state index in [0.29, 0.717) is 12.8 Å². The zero-order valence-electron chi connectivity index (χ0n) is 10.1. The zero-order valence-corrected chi connectivity index (χ0v) is 10.1. The molecule has 0 aliphatic carbocycles. The third-order valence-electron chi connectivity index (χ3n) is 2.24. The normalized spacial score (nSPS) is 21.6. The van der Waals surface area contributed by atoms with E-state index in [1.54, 1.807) is 14.1 Å². The van der Waals surface area contributed by atoms with Crippen molar-refractivity contribution in [2.45, 2.75) is 32.0 Å².